The van der Waals surface area contributed by atoms with Gasteiger partial charge >= 0.3 is 0 Å². The van der Waals surface area contributed by atoms with Gasteiger partial charge in [0, 0.05) is 6.42 Å². The summed E-state index contributed by atoms with van der Waals surface area (Å²) in [4.78, 5) is 7.06. The zero-order valence-electron chi connectivity index (χ0n) is 7.42. The highest BCUT2D eigenvalue weighted by molar-refractivity contribution is 6.31. The lowest BCUT2D eigenvalue weighted by molar-refractivity contribution is 0.321. The number of aryl methyl sites for hydroxylation is 1. The summed E-state index contributed by atoms with van der Waals surface area (Å²) in [5, 5.41) is 11.6. The Labute approximate surface area is 81.6 Å². The first-order chi connectivity index (χ1) is 6.27. The van der Waals surface area contributed by atoms with Crippen LogP contribution in [0.1, 0.15) is 31.3 Å². The van der Waals surface area contributed by atoms with E-state index in [-0.39, 0.29) is 0 Å². The Bertz CT molecular complexity index is 296. The van der Waals surface area contributed by atoms with E-state index in [4.69, 9.17) is 16.8 Å². The molecule has 1 aromatic heterocycles. The molecule has 13 heavy (non-hydrogen) atoms. The molecule has 0 saturated carbocycles. The zero-order chi connectivity index (χ0) is 9.68. The Morgan fingerprint density at radius 2 is 2.46 bits per heavy atom. The van der Waals surface area contributed by atoms with Gasteiger partial charge in [0.25, 0.3) is 0 Å². The van der Waals surface area contributed by atoms with E-state index in [2.05, 4.69) is 22.0 Å². The minimum atomic E-state index is 0.420. The van der Waals surface area contributed by atoms with E-state index in [0.29, 0.717) is 10.8 Å². The van der Waals surface area contributed by atoms with Crippen molar-refractivity contribution in [3.8, 4) is 0 Å². The molecule has 5 heteroatoms. The number of rotatable bonds is 4. The van der Waals surface area contributed by atoms with Gasteiger partial charge in [0.15, 0.2) is 0 Å². The van der Waals surface area contributed by atoms with Crippen molar-refractivity contribution in [3.63, 3.8) is 0 Å². The highest BCUT2D eigenvalue weighted by Gasteiger charge is 2.05. The van der Waals surface area contributed by atoms with Crippen LogP contribution >= 0.6 is 11.6 Å². The maximum absolute atomic E-state index is 8.29. The van der Waals surface area contributed by atoms with Crippen molar-refractivity contribution in [3.05, 3.63) is 16.7 Å². The molecule has 0 amide bonds. The van der Waals surface area contributed by atoms with Gasteiger partial charge in [-0.2, -0.15) is 0 Å². The number of oxime groups is 1. The Morgan fingerprint density at radius 3 is 3.08 bits per heavy atom. The van der Waals surface area contributed by atoms with E-state index >= 15 is 0 Å². The van der Waals surface area contributed by atoms with Gasteiger partial charge in [-0.1, -0.05) is 30.1 Å². The lowest BCUT2D eigenvalue weighted by atomic mass is 10.2. The Balaban J connectivity index is 2.70. The number of aromatic nitrogens is 2. The molecule has 1 rings (SSSR count). The minimum absolute atomic E-state index is 0.420. The summed E-state index contributed by atoms with van der Waals surface area (Å²) in [7, 11) is 0. The highest BCUT2D eigenvalue weighted by atomic mass is 35.5. The first kappa shape index (κ1) is 10.1. The Morgan fingerprint density at radius 1 is 1.69 bits per heavy atom. The number of nitrogens with zero attached hydrogens (tertiary/aromatic N) is 2. The highest BCUT2D eigenvalue weighted by Crippen LogP contribution is 2.11. The van der Waals surface area contributed by atoms with Gasteiger partial charge in [0.05, 0.1) is 6.21 Å². The maximum Gasteiger partial charge on any atom is 0.135 e. The summed E-state index contributed by atoms with van der Waals surface area (Å²) in [6.45, 7) is 2.11. The van der Waals surface area contributed by atoms with Crippen molar-refractivity contribution < 1.29 is 5.21 Å². The first-order valence-corrected chi connectivity index (χ1v) is 4.57. The molecule has 0 radical (unpaired) electrons. The minimum Gasteiger partial charge on any atom is -0.411 e. The summed E-state index contributed by atoms with van der Waals surface area (Å²) < 4.78 is 0. The van der Waals surface area contributed by atoms with Crippen LogP contribution in [0.4, 0.5) is 0 Å². The number of halogens is 1. The van der Waals surface area contributed by atoms with Gasteiger partial charge in [-0.05, 0) is 6.42 Å². The first-order valence-electron chi connectivity index (χ1n) is 4.19. The molecule has 0 spiro atoms. The van der Waals surface area contributed by atoms with Crippen LogP contribution in [-0.2, 0) is 6.42 Å². The third-order valence-electron chi connectivity index (χ3n) is 1.68. The fourth-order valence-corrected chi connectivity index (χ4v) is 1.22. The van der Waals surface area contributed by atoms with Gasteiger partial charge < -0.3 is 10.2 Å². The average Bonchev–Trinajstić information content (AvgIpc) is 2.45. The molecule has 0 aliphatic rings. The number of nitrogens with one attached hydrogen (secondary N) is 1. The van der Waals surface area contributed by atoms with Crippen LogP contribution in [-0.4, -0.2) is 21.4 Å². The largest absolute Gasteiger partial charge is 0.411 e. The predicted molar refractivity (Wildman–Crippen MR) is 51.6 cm³/mol. The molecule has 72 valence electrons. The molecule has 0 saturated heterocycles. The normalized spacial score (nSPS) is 11.2. The smallest absolute Gasteiger partial charge is 0.135 e. The average molecular weight is 202 g/mol. The predicted octanol–water partition coefficient (Wildman–Crippen LogP) is 2.21. The summed E-state index contributed by atoms with van der Waals surface area (Å²) >= 11 is 5.78. The molecular weight excluding hydrogens is 190 g/mol. The second-order valence-electron chi connectivity index (χ2n) is 2.73. The van der Waals surface area contributed by atoms with E-state index in [0.717, 1.165) is 25.1 Å². The van der Waals surface area contributed by atoms with Crippen LogP contribution < -0.4 is 0 Å². The second kappa shape index (κ2) is 4.87. The van der Waals surface area contributed by atoms with E-state index in [1.165, 1.54) is 6.21 Å². The fraction of sp³-hybridized carbons (Fsp3) is 0.500. The van der Waals surface area contributed by atoms with Crippen LogP contribution in [0.2, 0.25) is 5.15 Å². The Kier molecular flexibility index (Phi) is 3.76. The van der Waals surface area contributed by atoms with E-state index in [1.54, 1.807) is 0 Å². The quantitative estimate of drug-likeness (QED) is 0.446. The number of imidazole rings is 1. The SMILES string of the molecule is CCCCc1nc(/C=N\O)c(Cl)[nH]1. The zero-order valence-corrected chi connectivity index (χ0v) is 8.17. The molecule has 0 atom stereocenters. The van der Waals surface area contributed by atoms with Gasteiger partial charge in [-0.25, -0.2) is 4.98 Å². The van der Waals surface area contributed by atoms with Crippen molar-refractivity contribution in [2.75, 3.05) is 0 Å². The monoisotopic (exact) mass is 201 g/mol. The number of unbranched alkanes of at least 4 members (excludes halogenated alkanes) is 1. The van der Waals surface area contributed by atoms with Gasteiger partial charge in [0.2, 0.25) is 0 Å². The molecule has 0 unspecified atom stereocenters. The van der Waals surface area contributed by atoms with Crippen LogP contribution in [0, 0.1) is 0 Å². The van der Waals surface area contributed by atoms with Crippen molar-refractivity contribution in [2.24, 2.45) is 5.16 Å². The van der Waals surface area contributed by atoms with E-state index in [9.17, 15) is 0 Å². The summed E-state index contributed by atoms with van der Waals surface area (Å²) in [6, 6.07) is 0. The van der Waals surface area contributed by atoms with Crippen LogP contribution in [0.15, 0.2) is 5.16 Å². The lowest BCUT2D eigenvalue weighted by Crippen LogP contribution is -1.87. The third kappa shape index (κ3) is 2.73. The van der Waals surface area contributed by atoms with Crippen molar-refractivity contribution in [1.82, 2.24) is 9.97 Å². The summed E-state index contributed by atoms with van der Waals surface area (Å²) in [5.74, 6) is 0.835. The lowest BCUT2D eigenvalue weighted by Gasteiger charge is -1.90. The molecule has 0 aliphatic carbocycles. The van der Waals surface area contributed by atoms with Gasteiger partial charge in [0.1, 0.15) is 16.7 Å². The van der Waals surface area contributed by atoms with Crippen LogP contribution in [0.5, 0.6) is 0 Å². The molecule has 2 N–H and O–H groups in total. The number of hydrogen-bond acceptors (Lipinski definition) is 3. The second-order valence-corrected chi connectivity index (χ2v) is 3.11. The topological polar surface area (TPSA) is 61.3 Å². The summed E-state index contributed by atoms with van der Waals surface area (Å²) in [5.41, 5.74) is 0.482. The number of H-pyrrole nitrogens is 1. The number of aromatic amines is 1. The van der Waals surface area contributed by atoms with Crippen LogP contribution in [0.25, 0.3) is 0 Å². The fourth-order valence-electron chi connectivity index (χ4n) is 1.02. The van der Waals surface area contributed by atoms with Crippen LogP contribution in [0.3, 0.4) is 0 Å². The molecule has 0 aromatic carbocycles. The van der Waals surface area contributed by atoms with Gasteiger partial charge in [-0.15, -0.1) is 0 Å². The van der Waals surface area contributed by atoms with Crippen molar-refractivity contribution >= 4 is 17.8 Å². The molecule has 0 aliphatic heterocycles. The summed E-state index contributed by atoms with van der Waals surface area (Å²) in [6.07, 6.45) is 4.27. The third-order valence-corrected chi connectivity index (χ3v) is 1.97. The van der Waals surface area contributed by atoms with E-state index < -0.39 is 0 Å². The maximum atomic E-state index is 8.29. The van der Waals surface area contributed by atoms with Gasteiger partial charge in [-0.3, -0.25) is 0 Å². The van der Waals surface area contributed by atoms with Crippen molar-refractivity contribution in [2.45, 2.75) is 26.2 Å². The molecule has 0 bridgehead atoms. The van der Waals surface area contributed by atoms with Crippen molar-refractivity contribution in [1.29, 1.82) is 0 Å². The molecule has 0 fully saturated rings. The molecule has 1 heterocycles. The molecular formula is C8H12ClN3O. The number of hydrogen-bond donors (Lipinski definition) is 2. The Hall–Kier alpha value is -1.03. The van der Waals surface area contributed by atoms with E-state index in [1.807, 2.05) is 0 Å². The molecule has 4 nitrogen and oxygen atoms in total. The molecule has 1 aromatic rings. The standard InChI is InChI=1S/C8H12ClN3O/c1-2-3-4-7-11-6(5-10-13)8(9)12-7/h5,13H,2-4H2,1H3,(H,11,12)/b10-5-.